The van der Waals surface area contributed by atoms with E-state index in [0.29, 0.717) is 30.0 Å². The molecule has 0 radical (unpaired) electrons. The molecule has 0 aromatic carbocycles. The molecule has 0 aliphatic heterocycles. The van der Waals surface area contributed by atoms with Crippen molar-refractivity contribution in [1.29, 1.82) is 0 Å². The van der Waals surface area contributed by atoms with E-state index in [1.807, 2.05) is 12.1 Å². The second-order valence-corrected chi connectivity index (χ2v) is 4.97. The van der Waals surface area contributed by atoms with Gasteiger partial charge in [-0.1, -0.05) is 18.0 Å². The molecule has 0 bridgehead atoms. The van der Waals surface area contributed by atoms with Gasteiger partial charge in [-0.05, 0) is 32.0 Å². The number of rotatable bonds is 4. The van der Waals surface area contributed by atoms with Gasteiger partial charge >= 0.3 is 0 Å². The summed E-state index contributed by atoms with van der Waals surface area (Å²) in [5.74, 6) is 1.14. The van der Waals surface area contributed by atoms with Crippen molar-refractivity contribution >= 4 is 0 Å². The molecule has 6 heteroatoms. The average Bonchev–Trinajstić information content (AvgIpc) is 3.11. The van der Waals surface area contributed by atoms with Crippen LogP contribution in [0.5, 0.6) is 0 Å². The second kappa shape index (κ2) is 5.44. The minimum Gasteiger partial charge on any atom is -0.337 e. The first-order valence-electron chi connectivity index (χ1n) is 6.64. The monoisotopic (exact) mass is 259 g/mol. The van der Waals surface area contributed by atoms with Gasteiger partial charge < -0.3 is 4.52 Å². The zero-order valence-electron chi connectivity index (χ0n) is 11.0. The van der Waals surface area contributed by atoms with Gasteiger partial charge in [0.15, 0.2) is 0 Å². The molecule has 2 heterocycles. The molecule has 2 aromatic rings. The van der Waals surface area contributed by atoms with Crippen LogP contribution in [-0.4, -0.2) is 38.3 Å². The number of nitrogens with zero attached hydrogens (tertiary/aromatic N) is 5. The van der Waals surface area contributed by atoms with Crippen LogP contribution in [-0.2, 0) is 6.54 Å². The van der Waals surface area contributed by atoms with Gasteiger partial charge in [-0.15, -0.1) is 5.10 Å². The molecule has 6 nitrogen and oxygen atoms in total. The Hall–Kier alpha value is -1.82. The fourth-order valence-electron chi connectivity index (χ4n) is 2.53. The molecule has 0 saturated heterocycles. The van der Waals surface area contributed by atoms with Crippen molar-refractivity contribution in [2.45, 2.75) is 38.3 Å². The van der Waals surface area contributed by atoms with Gasteiger partial charge in [-0.25, -0.2) is 0 Å². The van der Waals surface area contributed by atoms with Crippen LogP contribution < -0.4 is 0 Å². The summed E-state index contributed by atoms with van der Waals surface area (Å²) in [5.41, 5.74) is 0.640. The SMILES string of the molecule is CN(Cc1nc(-c2cccnn2)no1)C1CCCC1. The smallest absolute Gasteiger partial charge is 0.241 e. The molecule has 1 aliphatic rings. The molecule has 1 saturated carbocycles. The highest BCUT2D eigenvalue weighted by Crippen LogP contribution is 2.23. The van der Waals surface area contributed by atoms with Crippen LogP contribution in [0.1, 0.15) is 31.6 Å². The highest BCUT2D eigenvalue weighted by Gasteiger charge is 2.21. The first-order valence-corrected chi connectivity index (χ1v) is 6.64. The van der Waals surface area contributed by atoms with E-state index >= 15 is 0 Å². The Morgan fingerprint density at radius 2 is 2.21 bits per heavy atom. The minimum atomic E-state index is 0.503. The highest BCUT2D eigenvalue weighted by atomic mass is 16.5. The lowest BCUT2D eigenvalue weighted by atomic mass is 10.2. The summed E-state index contributed by atoms with van der Waals surface area (Å²) in [5, 5.41) is 11.7. The Kier molecular flexibility index (Phi) is 3.50. The van der Waals surface area contributed by atoms with Crippen LogP contribution in [0.25, 0.3) is 11.5 Å². The lowest BCUT2D eigenvalue weighted by molar-refractivity contribution is 0.205. The zero-order chi connectivity index (χ0) is 13.1. The molecule has 0 N–H and O–H groups in total. The third kappa shape index (κ3) is 2.78. The van der Waals surface area contributed by atoms with Crippen LogP contribution in [0, 0.1) is 0 Å². The average molecular weight is 259 g/mol. The molecule has 2 aromatic heterocycles. The van der Waals surface area contributed by atoms with Crippen LogP contribution in [0.3, 0.4) is 0 Å². The maximum Gasteiger partial charge on any atom is 0.241 e. The van der Waals surface area contributed by atoms with E-state index in [9.17, 15) is 0 Å². The molecule has 0 amide bonds. The number of hydrogen-bond donors (Lipinski definition) is 0. The summed E-state index contributed by atoms with van der Waals surface area (Å²) in [7, 11) is 2.11. The molecule has 3 rings (SSSR count). The summed E-state index contributed by atoms with van der Waals surface area (Å²) in [4.78, 5) is 6.66. The maximum absolute atomic E-state index is 5.28. The van der Waals surface area contributed by atoms with Gasteiger partial charge in [0.05, 0.1) is 6.54 Å². The van der Waals surface area contributed by atoms with Crippen LogP contribution >= 0.6 is 0 Å². The van der Waals surface area contributed by atoms with Gasteiger partial charge in [-0.3, -0.25) is 4.90 Å². The molecule has 1 aliphatic carbocycles. The minimum absolute atomic E-state index is 0.503. The topological polar surface area (TPSA) is 67.9 Å². The van der Waals surface area contributed by atoms with Crippen molar-refractivity contribution in [3.63, 3.8) is 0 Å². The fourth-order valence-corrected chi connectivity index (χ4v) is 2.53. The van der Waals surface area contributed by atoms with Crippen molar-refractivity contribution in [3.05, 3.63) is 24.2 Å². The van der Waals surface area contributed by atoms with Gasteiger partial charge in [0.2, 0.25) is 11.7 Å². The van der Waals surface area contributed by atoms with E-state index in [1.165, 1.54) is 25.7 Å². The first-order chi connectivity index (χ1) is 9.33. The molecule has 1 fully saturated rings. The van der Waals surface area contributed by atoms with Crippen LogP contribution in [0.15, 0.2) is 22.9 Å². The van der Waals surface area contributed by atoms with E-state index in [4.69, 9.17) is 4.52 Å². The second-order valence-electron chi connectivity index (χ2n) is 4.97. The van der Waals surface area contributed by atoms with E-state index in [0.717, 1.165) is 0 Å². The Morgan fingerprint density at radius 3 is 2.95 bits per heavy atom. The van der Waals surface area contributed by atoms with E-state index in [2.05, 4.69) is 32.3 Å². The number of aromatic nitrogens is 4. The lowest BCUT2D eigenvalue weighted by Gasteiger charge is -2.21. The normalized spacial score (nSPS) is 16.3. The van der Waals surface area contributed by atoms with Crippen molar-refractivity contribution in [1.82, 2.24) is 25.2 Å². The van der Waals surface area contributed by atoms with Crippen molar-refractivity contribution in [2.24, 2.45) is 0 Å². The Balaban J connectivity index is 1.68. The largest absolute Gasteiger partial charge is 0.337 e. The first kappa shape index (κ1) is 12.2. The predicted octanol–water partition coefficient (Wildman–Crippen LogP) is 1.90. The van der Waals surface area contributed by atoms with E-state index in [1.54, 1.807) is 6.20 Å². The Labute approximate surface area is 111 Å². The van der Waals surface area contributed by atoms with Gasteiger partial charge in [-0.2, -0.15) is 10.1 Å². The Bertz CT molecular complexity index is 521. The molecular weight excluding hydrogens is 242 g/mol. The van der Waals surface area contributed by atoms with Crippen molar-refractivity contribution in [3.8, 4) is 11.5 Å². The van der Waals surface area contributed by atoms with Crippen molar-refractivity contribution < 1.29 is 4.52 Å². The Morgan fingerprint density at radius 1 is 1.37 bits per heavy atom. The third-order valence-corrected chi connectivity index (χ3v) is 3.60. The summed E-state index contributed by atoms with van der Waals surface area (Å²) < 4.78 is 5.28. The molecule has 100 valence electrons. The zero-order valence-corrected chi connectivity index (χ0v) is 11.0. The summed E-state index contributed by atoms with van der Waals surface area (Å²) in [6.45, 7) is 0.692. The predicted molar refractivity (Wildman–Crippen MR) is 69.0 cm³/mol. The van der Waals surface area contributed by atoms with Crippen molar-refractivity contribution in [2.75, 3.05) is 7.05 Å². The van der Waals surface area contributed by atoms with Crippen LogP contribution in [0.2, 0.25) is 0 Å². The lowest BCUT2D eigenvalue weighted by Crippen LogP contribution is -2.28. The molecule has 0 spiro atoms. The van der Waals surface area contributed by atoms with Gasteiger partial charge in [0.25, 0.3) is 0 Å². The molecule has 0 atom stereocenters. The highest BCUT2D eigenvalue weighted by molar-refractivity contribution is 5.46. The standard InChI is InChI=1S/C13H17N5O/c1-18(10-5-2-3-6-10)9-12-15-13(17-19-12)11-7-4-8-14-16-11/h4,7-8,10H,2-3,5-6,9H2,1H3. The quantitative estimate of drug-likeness (QED) is 0.835. The van der Waals surface area contributed by atoms with Gasteiger partial charge in [0, 0.05) is 12.2 Å². The summed E-state index contributed by atoms with van der Waals surface area (Å²) >= 11 is 0. The van der Waals surface area contributed by atoms with E-state index in [-0.39, 0.29) is 0 Å². The molecule has 0 unspecified atom stereocenters. The van der Waals surface area contributed by atoms with Crippen LogP contribution in [0.4, 0.5) is 0 Å². The summed E-state index contributed by atoms with van der Waals surface area (Å²) in [6.07, 6.45) is 6.80. The maximum atomic E-state index is 5.28. The molecule has 19 heavy (non-hydrogen) atoms. The number of hydrogen-bond acceptors (Lipinski definition) is 6. The molecular formula is C13H17N5O. The fraction of sp³-hybridized carbons (Fsp3) is 0.538. The van der Waals surface area contributed by atoms with E-state index < -0.39 is 0 Å². The summed E-state index contributed by atoms with van der Waals surface area (Å²) in [6, 6.07) is 4.28. The third-order valence-electron chi connectivity index (χ3n) is 3.60. The van der Waals surface area contributed by atoms with Gasteiger partial charge in [0.1, 0.15) is 5.69 Å².